The van der Waals surface area contributed by atoms with Gasteiger partial charge in [-0.15, -0.1) is 0 Å². The molecule has 1 aliphatic carbocycles. The van der Waals surface area contributed by atoms with Crippen LogP contribution in [0.1, 0.15) is 20.3 Å². The molecule has 98 valence electrons. The van der Waals surface area contributed by atoms with E-state index >= 15 is 0 Å². The number of likely N-dealkylation sites (N-methyl/N-ethyl adjacent to an activating group) is 1. The van der Waals surface area contributed by atoms with Crippen LogP contribution in [0, 0.1) is 17.8 Å². The van der Waals surface area contributed by atoms with Gasteiger partial charge in [-0.1, -0.05) is 13.8 Å². The van der Waals surface area contributed by atoms with Gasteiger partial charge in [0.05, 0.1) is 11.8 Å². The maximum absolute atomic E-state index is 11.8. The third kappa shape index (κ3) is 4.00. The Hall–Kier alpha value is -1.10. The fourth-order valence-electron chi connectivity index (χ4n) is 1.86. The Kier molecular flexibility index (Phi) is 4.51. The normalized spacial score (nSPS) is 24.8. The van der Waals surface area contributed by atoms with Crippen LogP contribution >= 0.6 is 0 Å². The summed E-state index contributed by atoms with van der Waals surface area (Å²) in [5.74, 6) is -1.43. The third-order valence-electron chi connectivity index (χ3n) is 3.14. The highest BCUT2D eigenvalue weighted by molar-refractivity contribution is 5.89. The highest BCUT2D eigenvalue weighted by Gasteiger charge is 2.48. The van der Waals surface area contributed by atoms with Crippen molar-refractivity contribution in [3.63, 3.8) is 0 Å². The number of hydrogen-bond acceptors (Lipinski definition) is 3. The summed E-state index contributed by atoms with van der Waals surface area (Å²) in [7, 11) is 3.91. The minimum Gasteiger partial charge on any atom is -0.481 e. The lowest BCUT2D eigenvalue weighted by Gasteiger charge is -2.25. The van der Waals surface area contributed by atoms with E-state index in [1.165, 1.54) is 0 Å². The summed E-state index contributed by atoms with van der Waals surface area (Å²) in [6.07, 6.45) is 0.480. The molecular formula is C12H22N2O3. The predicted molar refractivity (Wildman–Crippen MR) is 64.6 cm³/mol. The molecule has 17 heavy (non-hydrogen) atoms. The highest BCUT2D eigenvalue weighted by Crippen LogP contribution is 2.38. The lowest BCUT2D eigenvalue weighted by molar-refractivity contribution is -0.140. The number of nitrogens with one attached hydrogen (secondary N) is 1. The second-order valence-corrected chi connectivity index (χ2v) is 5.41. The van der Waals surface area contributed by atoms with Gasteiger partial charge in [-0.05, 0) is 26.4 Å². The molecule has 2 N–H and O–H groups in total. The van der Waals surface area contributed by atoms with Crippen molar-refractivity contribution in [1.82, 2.24) is 10.2 Å². The Morgan fingerprint density at radius 2 is 1.94 bits per heavy atom. The summed E-state index contributed by atoms with van der Waals surface area (Å²) >= 11 is 0. The molecule has 1 rings (SSSR count). The van der Waals surface area contributed by atoms with Gasteiger partial charge in [-0.2, -0.15) is 0 Å². The first-order valence-electron chi connectivity index (χ1n) is 6.00. The molecule has 0 saturated heterocycles. The number of nitrogens with zero attached hydrogens (tertiary/aromatic N) is 1. The molecule has 0 radical (unpaired) electrons. The Morgan fingerprint density at radius 3 is 2.29 bits per heavy atom. The molecule has 5 heteroatoms. The molecule has 0 spiro atoms. The topological polar surface area (TPSA) is 69.6 Å². The lowest BCUT2D eigenvalue weighted by Crippen LogP contribution is -2.45. The van der Waals surface area contributed by atoms with Crippen molar-refractivity contribution in [3.05, 3.63) is 0 Å². The van der Waals surface area contributed by atoms with Crippen molar-refractivity contribution in [3.8, 4) is 0 Å². The predicted octanol–water partition coefficient (Wildman–Crippen LogP) is 0.410. The zero-order valence-electron chi connectivity index (χ0n) is 10.9. The first kappa shape index (κ1) is 14.0. The van der Waals surface area contributed by atoms with Gasteiger partial charge >= 0.3 is 5.97 Å². The van der Waals surface area contributed by atoms with Gasteiger partial charge in [0.2, 0.25) is 5.91 Å². The SMILES string of the molecule is CC(C)C(CN(C)C)NC(=O)[C@@H]1C[C@@H]1C(=O)O. The Morgan fingerprint density at radius 1 is 1.35 bits per heavy atom. The van der Waals surface area contributed by atoms with E-state index in [1.807, 2.05) is 19.0 Å². The monoisotopic (exact) mass is 242 g/mol. The first-order valence-corrected chi connectivity index (χ1v) is 6.00. The van der Waals surface area contributed by atoms with Crippen molar-refractivity contribution >= 4 is 11.9 Å². The molecule has 0 aromatic rings. The van der Waals surface area contributed by atoms with Crippen LogP contribution < -0.4 is 5.32 Å². The van der Waals surface area contributed by atoms with Crippen LogP contribution in [0.5, 0.6) is 0 Å². The Bertz CT molecular complexity index is 302. The highest BCUT2D eigenvalue weighted by atomic mass is 16.4. The summed E-state index contributed by atoms with van der Waals surface area (Å²) in [4.78, 5) is 24.5. The molecule has 1 aliphatic rings. The van der Waals surface area contributed by atoms with Gasteiger partial charge < -0.3 is 15.3 Å². The molecule has 1 saturated carbocycles. The van der Waals surface area contributed by atoms with Gasteiger partial charge in [0.15, 0.2) is 0 Å². The van der Waals surface area contributed by atoms with E-state index in [-0.39, 0.29) is 17.9 Å². The van der Waals surface area contributed by atoms with E-state index in [4.69, 9.17) is 5.11 Å². The zero-order valence-corrected chi connectivity index (χ0v) is 10.9. The van der Waals surface area contributed by atoms with Crippen LogP contribution in [0.15, 0.2) is 0 Å². The van der Waals surface area contributed by atoms with E-state index < -0.39 is 11.9 Å². The maximum Gasteiger partial charge on any atom is 0.307 e. The molecule has 0 heterocycles. The molecule has 3 atom stereocenters. The number of carbonyl (C=O) groups is 2. The largest absolute Gasteiger partial charge is 0.481 e. The van der Waals surface area contributed by atoms with Crippen molar-refractivity contribution in [2.45, 2.75) is 26.3 Å². The van der Waals surface area contributed by atoms with Gasteiger partial charge in [0.1, 0.15) is 0 Å². The fourth-order valence-corrected chi connectivity index (χ4v) is 1.86. The molecule has 5 nitrogen and oxygen atoms in total. The number of carbonyl (C=O) groups excluding carboxylic acids is 1. The summed E-state index contributed by atoms with van der Waals surface area (Å²) in [5, 5.41) is 11.7. The van der Waals surface area contributed by atoms with E-state index in [9.17, 15) is 9.59 Å². The number of rotatable bonds is 6. The van der Waals surface area contributed by atoms with Gasteiger partial charge in [-0.25, -0.2) is 0 Å². The minimum absolute atomic E-state index is 0.0764. The van der Waals surface area contributed by atoms with E-state index in [0.29, 0.717) is 12.3 Å². The summed E-state index contributed by atoms with van der Waals surface area (Å²) in [5.41, 5.74) is 0. The molecule has 0 aromatic heterocycles. The molecule has 0 aliphatic heterocycles. The maximum atomic E-state index is 11.8. The number of aliphatic carboxylic acids is 1. The summed E-state index contributed by atoms with van der Waals surface area (Å²) < 4.78 is 0. The second kappa shape index (κ2) is 5.49. The van der Waals surface area contributed by atoms with Gasteiger partial charge in [0, 0.05) is 12.6 Å². The number of amides is 1. The van der Waals surface area contributed by atoms with Crippen LogP contribution in [0.3, 0.4) is 0 Å². The van der Waals surface area contributed by atoms with E-state index in [1.54, 1.807) is 0 Å². The lowest BCUT2D eigenvalue weighted by atomic mass is 10.0. The van der Waals surface area contributed by atoms with Crippen molar-refractivity contribution in [2.75, 3.05) is 20.6 Å². The molecule has 1 amide bonds. The van der Waals surface area contributed by atoms with Crippen LogP contribution in [-0.2, 0) is 9.59 Å². The fraction of sp³-hybridized carbons (Fsp3) is 0.833. The molecule has 0 aromatic carbocycles. The molecule has 1 unspecified atom stereocenters. The standard InChI is InChI=1S/C12H22N2O3/c1-7(2)10(6-14(3)4)13-11(15)8-5-9(8)12(16)17/h7-10H,5-6H2,1-4H3,(H,13,15)(H,16,17)/t8-,9+,10?/m1/s1. The van der Waals surface area contributed by atoms with Crippen LogP contribution in [0.2, 0.25) is 0 Å². The average molecular weight is 242 g/mol. The molecule has 0 bridgehead atoms. The third-order valence-corrected chi connectivity index (χ3v) is 3.14. The number of carboxylic acid groups (broad SMARTS) is 1. The number of carboxylic acids is 1. The van der Waals surface area contributed by atoms with Crippen molar-refractivity contribution in [1.29, 1.82) is 0 Å². The number of hydrogen-bond donors (Lipinski definition) is 2. The smallest absolute Gasteiger partial charge is 0.307 e. The zero-order chi connectivity index (χ0) is 13.2. The van der Waals surface area contributed by atoms with Crippen molar-refractivity contribution < 1.29 is 14.7 Å². The summed E-state index contributed by atoms with van der Waals surface area (Å²) in [6, 6.07) is 0.0764. The average Bonchev–Trinajstić information content (AvgIpc) is 2.94. The molecule has 1 fully saturated rings. The van der Waals surface area contributed by atoms with Crippen LogP contribution in [-0.4, -0.2) is 48.6 Å². The van der Waals surface area contributed by atoms with Crippen molar-refractivity contribution in [2.24, 2.45) is 17.8 Å². The van der Waals surface area contributed by atoms with Gasteiger partial charge in [-0.3, -0.25) is 9.59 Å². The van der Waals surface area contributed by atoms with E-state index in [0.717, 1.165) is 6.54 Å². The first-order chi connectivity index (χ1) is 7.82. The van der Waals surface area contributed by atoms with Crippen LogP contribution in [0.25, 0.3) is 0 Å². The molecular weight excluding hydrogens is 220 g/mol. The second-order valence-electron chi connectivity index (χ2n) is 5.41. The Balaban J connectivity index is 2.46. The van der Waals surface area contributed by atoms with E-state index in [2.05, 4.69) is 19.2 Å². The minimum atomic E-state index is -0.862. The van der Waals surface area contributed by atoms with Crippen LogP contribution in [0.4, 0.5) is 0 Å². The quantitative estimate of drug-likeness (QED) is 0.708. The summed E-state index contributed by atoms with van der Waals surface area (Å²) in [6.45, 7) is 4.87. The Labute approximate surface area is 102 Å². The van der Waals surface area contributed by atoms with Gasteiger partial charge in [0.25, 0.3) is 0 Å².